The van der Waals surface area contributed by atoms with Crippen molar-refractivity contribution in [3.05, 3.63) is 12.3 Å². The highest BCUT2D eigenvalue weighted by molar-refractivity contribution is 5.87. The van der Waals surface area contributed by atoms with Crippen LogP contribution >= 0.6 is 0 Å². The molecule has 1 rings (SSSR count). The summed E-state index contributed by atoms with van der Waals surface area (Å²) < 4.78 is 0. The van der Waals surface area contributed by atoms with Gasteiger partial charge in [-0.1, -0.05) is 0 Å². The van der Waals surface area contributed by atoms with E-state index in [1.807, 2.05) is 0 Å². The Bertz CT molecular complexity index is 209. The van der Waals surface area contributed by atoms with Gasteiger partial charge in [0.15, 0.2) is 0 Å². The summed E-state index contributed by atoms with van der Waals surface area (Å²) in [6.45, 7) is 1.62. The molecular weight excluding hydrogens is 130 g/mol. The summed E-state index contributed by atoms with van der Waals surface area (Å²) in [5, 5.41) is 2.74. The van der Waals surface area contributed by atoms with Crippen LogP contribution in [0.15, 0.2) is 17.3 Å². The summed E-state index contributed by atoms with van der Waals surface area (Å²) in [5.41, 5.74) is 4.10. The molecule has 1 heterocycles. The molecule has 1 aliphatic heterocycles. The molecule has 0 aliphatic carbocycles. The first-order valence-corrected chi connectivity index (χ1v) is 2.93. The van der Waals surface area contributed by atoms with E-state index in [1.54, 1.807) is 25.4 Å². The van der Waals surface area contributed by atoms with Crippen LogP contribution in [0.2, 0.25) is 0 Å². The lowest BCUT2D eigenvalue weighted by Crippen LogP contribution is -2.50. The number of nitrogens with zero attached hydrogens (tertiary/aromatic N) is 1. The smallest absolute Gasteiger partial charge is 0.265 e. The number of primary amides is 1. The third-order valence-electron chi connectivity index (χ3n) is 1.36. The Kier molecular flexibility index (Phi) is 1.45. The van der Waals surface area contributed by atoms with Crippen LogP contribution in [0.5, 0.6) is 0 Å². The van der Waals surface area contributed by atoms with Crippen LogP contribution in [-0.2, 0) is 4.79 Å². The molecule has 4 heteroatoms. The highest BCUT2D eigenvalue weighted by Gasteiger charge is 2.28. The van der Waals surface area contributed by atoms with Crippen molar-refractivity contribution < 1.29 is 4.79 Å². The van der Waals surface area contributed by atoms with Crippen LogP contribution in [0, 0.1) is 0 Å². The highest BCUT2D eigenvalue weighted by atomic mass is 16.2. The number of amides is 1. The Morgan fingerprint density at radius 2 is 2.50 bits per heavy atom. The van der Waals surface area contributed by atoms with E-state index in [9.17, 15) is 4.79 Å². The van der Waals surface area contributed by atoms with Gasteiger partial charge in [0.05, 0.1) is 0 Å². The lowest BCUT2D eigenvalue weighted by Gasteiger charge is -2.23. The Morgan fingerprint density at radius 3 is 2.80 bits per heavy atom. The van der Waals surface area contributed by atoms with E-state index in [1.165, 1.54) is 0 Å². The van der Waals surface area contributed by atoms with Crippen molar-refractivity contribution in [3.63, 3.8) is 0 Å². The van der Waals surface area contributed by atoms with Crippen molar-refractivity contribution in [2.75, 3.05) is 0 Å². The maximum absolute atomic E-state index is 10.7. The molecule has 0 bridgehead atoms. The molecule has 4 nitrogen and oxygen atoms in total. The fourth-order valence-electron chi connectivity index (χ4n) is 0.618. The second-order valence-electron chi connectivity index (χ2n) is 2.22. The Labute approximate surface area is 58.8 Å². The van der Waals surface area contributed by atoms with Gasteiger partial charge in [0, 0.05) is 12.4 Å². The molecule has 54 valence electrons. The average Bonchev–Trinajstić information content (AvgIpc) is 1.89. The SMILES string of the molecule is CC1(C(N)=O)N=CC=CN1. The van der Waals surface area contributed by atoms with E-state index in [0.29, 0.717) is 0 Å². The molecule has 0 aromatic rings. The molecular formula is C6H9N3O. The summed E-state index contributed by atoms with van der Waals surface area (Å²) in [7, 11) is 0. The largest absolute Gasteiger partial charge is 0.366 e. The summed E-state index contributed by atoms with van der Waals surface area (Å²) in [4.78, 5) is 14.6. The second kappa shape index (κ2) is 2.13. The van der Waals surface area contributed by atoms with Gasteiger partial charge >= 0.3 is 0 Å². The van der Waals surface area contributed by atoms with Gasteiger partial charge in [0.2, 0.25) is 5.66 Å². The van der Waals surface area contributed by atoms with Crippen molar-refractivity contribution in [2.45, 2.75) is 12.6 Å². The van der Waals surface area contributed by atoms with Crippen LogP contribution in [0.1, 0.15) is 6.92 Å². The van der Waals surface area contributed by atoms with Gasteiger partial charge in [0.1, 0.15) is 0 Å². The van der Waals surface area contributed by atoms with Crippen molar-refractivity contribution in [1.82, 2.24) is 5.32 Å². The van der Waals surface area contributed by atoms with Crippen molar-refractivity contribution >= 4 is 12.1 Å². The molecule has 1 atom stereocenters. The Balaban J connectivity index is 2.80. The molecule has 1 amide bonds. The lowest BCUT2D eigenvalue weighted by atomic mass is 10.2. The second-order valence-corrected chi connectivity index (χ2v) is 2.22. The topological polar surface area (TPSA) is 67.5 Å². The molecule has 0 radical (unpaired) electrons. The number of rotatable bonds is 1. The number of nitrogens with two attached hydrogens (primary N) is 1. The van der Waals surface area contributed by atoms with Gasteiger partial charge in [-0.3, -0.25) is 9.79 Å². The van der Waals surface area contributed by atoms with Gasteiger partial charge in [-0.2, -0.15) is 0 Å². The summed E-state index contributed by atoms with van der Waals surface area (Å²) in [5.74, 6) is -0.479. The van der Waals surface area contributed by atoms with E-state index in [2.05, 4.69) is 10.3 Å². The minimum Gasteiger partial charge on any atom is -0.366 e. The van der Waals surface area contributed by atoms with Crippen molar-refractivity contribution in [1.29, 1.82) is 0 Å². The molecule has 1 unspecified atom stereocenters. The maximum Gasteiger partial charge on any atom is 0.265 e. The molecule has 0 aromatic carbocycles. The minimum atomic E-state index is -0.950. The zero-order valence-corrected chi connectivity index (χ0v) is 5.66. The van der Waals surface area contributed by atoms with Crippen LogP contribution in [0.4, 0.5) is 0 Å². The van der Waals surface area contributed by atoms with E-state index in [-0.39, 0.29) is 0 Å². The molecule has 3 N–H and O–H groups in total. The maximum atomic E-state index is 10.7. The number of aliphatic imine (C=N–C) groups is 1. The summed E-state index contributed by atoms with van der Waals surface area (Å²) in [6.07, 6.45) is 4.88. The molecule has 0 fully saturated rings. The molecule has 0 aromatic heterocycles. The van der Waals surface area contributed by atoms with E-state index in [0.717, 1.165) is 0 Å². The third kappa shape index (κ3) is 1.00. The number of hydrogen-bond acceptors (Lipinski definition) is 3. The minimum absolute atomic E-state index is 0.479. The van der Waals surface area contributed by atoms with Gasteiger partial charge < -0.3 is 11.1 Å². The van der Waals surface area contributed by atoms with Gasteiger partial charge in [-0.15, -0.1) is 0 Å². The van der Waals surface area contributed by atoms with Gasteiger partial charge in [-0.25, -0.2) is 0 Å². The quantitative estimate of drug-likeness (QED) is 0.508. The first-order chi connectivity index (χ1) is 4.65. The summed E-state index contributed by atoms with van der Waals surface area (Å²) in [6, 6.07) is 0. The number of hydrogen-bond donors (Lipinski definition) is 2. The molecule has 0 saturated carbocycles. The first kappa shape index (κ1) is 6.80. The number of carbonyl (C=O) groups is 1. The number of allylic oxidation sites excluding steroid dienone is 1. The van der Waals surface area contributed by atoms with Gasteiger partial charge in [-0.05, 0) is 13.0 Å². The standard InChI is InChI=1S/C6H9N3O/c1-6(5(7)10)8-3-2-4-9-6/h2-4,8H,1H3,(H2,7,10). The predicted octanol–water partition coefficient (Wildman–Crippen LogP) is -0.624. The van der Waals surface area contributed by atoms with Crippen molar-refractivity contribution in [3.8, 4) is 0 Å². The normalized spacial score (nSPS) is 29.7. The van der Waals surface area contributed by atoms with Crippen molar-refractivity contribution in [2.24, 2.45) is 10.7 Å². The van der Waals surface area contributed by atoms with Crippen LogP contribution in [0.25, 0.3) is 0 Å². The number of carbonyl (C=O) groups excluding carboxylic acids is 1. The molecule has 10 heavy (non-hydrogen) atoms. The lowest BCUT2D eigenvalue weighted by molar-refractivity contribution is -0.123. The highest BCUT2D eigenvalue weighted by Crippen LogP contribution is 2.05. The third-order valence-corrected chi connectivity index (χ3v) is 1.36. The fourth-order valence-corrected chi connectivity index (χ4v) is 0.618. The van der Waals surface area contributed by atoms with E-state index in [4.69, 9.17) is 5.73 Å². The summed E-state index contributed by atoms with van der Waals surface area (Å²) >= 11 is 0. The monoisotopic (exact) mass is 139 g/mol. The zero-order chi connectivity index (χ0) is 7.61. The average molecular weight is 139 g/mol. The van der Waals surface area contributed by atoms with Crippen LogP contribution < -0.4 is 11.1 Å². The Hall–Kier alpha value is -1.32. The first-order valence-electron chi connectivity index (χ1n) is 2.93. The molecule has 1 aliphatic rings. The van der Waals surface area contributed by atoms with E-state index >= 15 is 0 Å². The molecule has 0 spiro atoms. The number of nitrogens with one attached hydrogen (secondary N) is 1. The zero-order valence-electron chi connectivity index (χ0n) is 5.66. The predicted molar refractivity (Wildman–Crippen MR) is 38.4 cm³/mol. The van der Waals surface area contributed by atoms with Gasteiger partial charge in [0.25, 0.3) is 5.91 Å². The fraction of sp³-hybridized carbons (Fsp3) is 0.333. The molecule has 0 saturated heterocycles. The van der Waals surface area contributed by atoms with Crippen LogP contribution in [0.3, 0.4) is 0 Å². The Morgan fingerprint density at radius 1 is 1.80 bits per heavy atom. The van der Waals surface area contributed by atoms with Crippen LogP contribution in [-0.4, -0.2) is 17.8 Å². The van der Waals surface area contributed by atoms with E-state index < -0.39 is 11.6 Å².